The minimum Gasteiger partial charge on any atom is -0.497 e. The third-order valence-corrected chi connectivity index (χ3v) is 4.24. The number of methoxy groups -OCH3 is 1. The van der Waals surface area contributed by atoms with Crippen LogP contribution in [0.3, 0.4) is 0 Å². The Kier molecular flexibility index (Phi) is 5.31. The Bertz CT molecular complexity index is 847. The first-order valence-electron chi connectivity index (χ1n) is 8.59. The summed E-state index contributed by atoms with van der Waals surface area (Å²) in [5.74, 6) is 0.107. The van der Waals surface area contributed by atoms with Gasteiger partial charge in [0.25, 0.3) is 11.8 Å². The van der Waals surface area contributed by atoms with Gasteiger partial charge in [0.2, 0.25) is 0 Å². The SMILES string of the molecule is CCCCN1C(=O)C(=NNC(=O)c2ccccc2)c2ccc(OC)cc21. The summed E-state index contributed by atoms with van der Waals surface area (Å²) in [5.41, 5.74) is 4.67. The van der Waals surface area contributed by atoms with Crippen molar-refractivity contribution in [3.05, 3.63) is 59.7 Å². The molecule has 0 unspecified atom stereocenters. The first-order valence-corrected chi connectivity index (χ1v) is 8.59. The maximum atomic E-state index is 12.8. The molecule has 6 heteroatoms. The number of unbranched alkanes of at least 4 members (excludes halogenated alkanes) is 1. The fourth-order valence-electron chi connectivity index (χ4n) is 2.82. The van der Waals surface area contributed by atoms with Crippen LogP contribution in [0.5, 0.6) is 5.75 Å². The van der Waals surface area contributed by atoms with E-state index in [1.54, 1.807) is 48.4 Å². The molecule has 26 heavy (non-hydrogen) atoms. The van der Waals surface area contributed by atoms with Crippen LogP contribution in [0.25, 0.3) is 0 Å². The Morgan fingerprint density at radius 3 is 2.65 bits per heavy atom. The quantitative estimate of drug-likeness (QED) is 0.814. The predicted octanol–water partition coefficient (Wildman–Crippen LogP) is 2.98. The zero-order valence-corrected chi connectivity index (χ0v) is 14.9. The number of fused-ring (bicyclic) bond motifs is 1. The molecule has 134 valence electrons. The number of amides is 2. The first kappa shape index (κ1) is 17.7. The molecule has 6 nitrogen and oxygen atoms in total. The minimum atomic E-state index is -0.354. The molecule has 2 aromatic carbocycles. The van der Waals surface area contributed by atoms with Crippen molar-refractivity contribution < 1.29 is 14.3 Å². The standard InChI is InChI=1S/C20H21N3O3/c1-3-4-12-23-17-13-15(26-2)10-11-16(17)18(20(23)25)21-22-19(24)14-8-6-5-7-9-14/h5-11,13H,3-4,12H2,1-2H3,(H,22,24). The number of nitrogens with zero attached hydrogens (tertiary/aromatic N) is 2. The highest BCUT2D eigenvalue weighted by Gasteiger charge is 2.34. The lowest BCUT2D eigenvalue weighted by Crippen LogP contribution is -2.32. The molecule has 3 rings (SSSR count). The van der Waals surface area contributed by atoms with Gasteiger partial charge in [0.05, 0.1) is 12.8 Å². The Hall–Kier alpha value is -3.15. The van der Waals surface area contributed by atoms with E-state index in [4.69, 9.17) is 4.74 Å². The van der Waals surface area contributed by atoms with E-state index in [1.165, 1.54) is 0 Å². The summed E-state index contributed by atoms with van der Waals surface area (Å²) in [6, 6.07) is 14.2. The molecule has 0 aliphatic carbocycles. The fourth-order valence-corrected chi connectivity index (χ4v) is 2.82. The van der Waals surface area contributed by atoms with Crippen LogP contribution in [0.15, 0.2) is 53.6 Å². The maximum absolute atomic E-state index is 12.8. The summed E-state index contributed by atoms with van der Waals surface area (Å²) >= 11 is 0. The Morgan fingerprint density at radius 1 is 1.19 bits per heavy atom. The molecule has 0 radical (unpaired) electrons. The molecule has 2 aromatic rings. The summed E-state index contributed by atoms with van der Waals surface area (Å²) in [7, 11) is 1.59. The van der Waals surface area contributed by atoms with Crippen molar-refractivity contribution in [3.8, 4) is 5.75 Å². The molecule has 0 fully saturated rings. The molecular formula is C20H21N3O3. The molecule has 0 atom stereocenters. The van der Waals surface area contributed by atoms with Gasteiger partial charge >= 0.3 is 0 Å². The van der Waals surface area contributed by atoms with Gasteiger partial charge < -0.3 is 9.64 Å². The second-order valence-corrected chi connectivity index (χ2v) is 5.96. The smallest absolute Gasteiger partial charge is 0.279 e. The van der Waals surface area contributed by atoms with E-state index >= 15 is 0 Å². The third-order valence-electron chi connectivity index (χ3n) is 4.24. The number of hydrazone groups is 1. The van der Waals surface area contributed by atoms with Crippen LogP contribution in [-0.4, -0.2) is 31.2 Å². The number of anilines is 1. The van der Waals surface area contributed by atoms with Gasteiger partial charge in [-0.15, -0.1) is 0 Å². The van der Waals surface area contributed by atoms with Gasteiger partial charge in [0, 0.05) is 23.7 Å². The van der Waals surface area contributed by atoms with E-state index in [0.29, 0.717) is 23.4 Å². The van der Waals surface area contributed by atoms with E-state index in [0.717, 1.165) is 18.5 Å². The van der Waals surface area contributed by atoms with E-state index < -0.39 is 0 Å². The lowest BCUT2D eigenvalue weighted by atomic mass is 10.1. The van der Waals surface area contributed by atoms with Crippen molar-refractivity contribution in [1.82, 2.24) is 5.43 Å². The molecule has 1 aliphatic rings. The van der Waals surface area contributed by atoms with Gasteiger partial charge in [-0.1, -0.05) is 31.5 Å². The first-order chi connectivity index (χ1) is 12.7. The second-order valence-electron chi connectivity index (χ2n) is 5.96. The Morgan fingerprint density at radius 2 is 1.96 bits per heavy atom. The predicted molar refractivity (Wildman–Crippen MR) is 101 cm³/mol. The van der Waals surface area contributed by atoms with Crippen LogP contribution in [0.2, 0.25) is 0 Å². The van der Waals surface area contributed by atoms with Crippen LogP contribution in [0, 0.1) is 0 Å². The van der Waals surface area contributed by atoms with Crippen molar-refractivity contribution in [2.45, 2.75) is 19.8 Å². The van der Waals surface area contributed by atoms with E-state index in [1.807, 2.05) is 12.1 Å². The highest BCUT2D eigenvalue weighted by atomic mass is 16.5. The normalized spacial score (nSPS) is 14.5. The van der Waals surface area contributed by atoms with Crippen molar-refractivity contribution in [2.24, 2.45) is 5.10 Å². The Balaban J connectivity index is 1.90. The molecule has 1 aliphatic heterocycles. The number of hydrogen-bond acceptors (Lipinski definition) is 4. The average molecular weight is 351 g/mol. The molecule has 0 aromatic heterocycles. The van der Waals surface area contributed by atoms with Crippen LogP contribution in [0.1, 0.15) is 35.7 Å². The fraction of sp³-hybridized carbons (Fsp3) is 0.250. The second kappa shape index (κ2) is 7.82. The van der Waals surface area contributed by atoms with Crippen molar-refractivity contribution in [1.29, 1.82) is 0 Å². The van der Waals surface area contributed by atoms with E-state index in [9.17, 15) is 9.59 Å². The summed E-state index contributed by atoms with van der Waals surface area (Å²) < 4.78 is 5.27. The number of nitrogens with one attached hydrogen (secondary N) is 1. The molecule has 0 saturated heterocycles. The lowest BCUT2D eigenvalue weighted by Gasteiger charge is -2.16. The average Bonchev–Trinajstić information content (AvgIpc) is 2.95. The number of carbonyl (C=O) groups is 2. The number of ether oxygens (including phenoxy) is 1. The van der Waals surface area contributed by atoms with Crippen molar-refractivity contribution in [2.75, 3.05) is 18.6 Å². The number of carbonyl (C=O) groups excluding carboxylic acids is 2. The molecule has 0 bridgehead atoms. The molecule has 0 spiro atoms. The molecule has 2 amide bonds. The highest BCUT2D eigenvalue weighted by Crippen LogP contribution is 2.33. The van der Waals surface area contributed by atoms with Crippen molar-refractivity contribution >= 4 is 23.2 Å². The largest absolute Gasteiger partial charge is 0.497 e. The van der Waals surface area contributed by atoms with Gasteiger partial charge in [-0.2, -0.15) is 5.10 Å². The highest BCUT2D eigenvalue weighted by molar-refractivity contribution is 6.54. The third kappa shape index (κ3) is 3.44. The van der Waals surface area contributed by atoms with Gasteiger partial charge in [-0.3, -0.25) is 9.59 Å². The van der Waals surface area contributed by atoms with Gasteiger partial charge in [0.1, 0.15) is 5.75 Å². The van der Waals surface area contributed by atoms with Crippen LogP contribution >= 0.6 is 0 Å². The van der Waals surface area contributed by atoms with E-state index in [2.05, 4.69) is 17.5 Å². The summed E-state index contributed by atoms with van der Waals surface area (Å²) in [5, 5.41) is 4.12. The zero-order valence-electron chi connectivity index (χ0n) is 14.9. The molecule has 1 N–H and O–H groups in total. The topological polar surface area (TPSA) is 71.0 Å². The summed E-state index contributed by atoms with van der Waals surface area (Å²) in [4.78, 5) is 26.7. The van der Waals surface area contributed by atoms with E-state index in [-0.39, 0.29) is 17.5 Å². The van der Waals surface area contributed by atoms with Gasteiger partial charge in [-0.05, 0) is 30.7 Å². The number of hydrogen-bond donors (Lipinski definition) is 1. The van der Waals surface area contributed by atoms with Crippen LogP contribution < -0.4 is 15.1 Å². The molecular weight excluding hydrogens is 330 g/mol. The minimum absolute atomic E-state index is 0.213. The zero-order chi connectivity index (χ0) is 18.5. The van der Waals surface area contributed by atoms with Crippen LogP contribution in [-0.2, 0) is 4.79 Å². The lowest BCUT2D eigenvalue weighted by molar-refractivity contribution is -0.112. The van der Waals surface area contributed by atoms with Gasteiger partial charge in [-0.25, -0.2) is 5.43 Å². The molecule has 1 heterocycles. The maximum Gasteiger partial charge on any atom is 0.279 e. The summed E-state index contributed by atoms with van der Waals surface area (Å²) in [6.07, 6.45) is 1.85. The monoisotopic (exact) mass is 351 g/mol. The number of rotatable bonds is 6. The number of benzene rings is 2. The molecule has 0 saturated carbocycles. The van der Waals surface area contributed by atoms with Crippen LogP contribution in [0.4, 0.5) is 5.69 Å². The summed E-state index contributed by atoms with van der Waals surface area (Å²) in [6.45, 7) is 2.67. The van der Waals surface area contributed by atoms with Gasteiger partial charge in [0.15, 0.2) is 5.71 Å². The Labute approximate surface area is 152 Å². The van der Waals surface area contributed by atoms with Crippen molar-refractivity contribution in [3.63, 3.8) is 0 Å².